The Morgan fingerprint density at radius 2 is 1.87 bits per heavy atom. The number of nitrogens with zero attached hydrogens (tertiary/aromatic N) is 1. The fourth-order valence-corrected chi connectivity index (χ4v) is 2.37. The van der Waals surface area contributed by atoms with Gasteiger partial charge < -0.3 is 10.3 Å². The minimum Gasteiger partial charge on any atom is -0.346 e. The smallest absolute Gasteiger partial charge is 0.0279 e. The summed E-state index contributed by atoms with van der Waals surface area (Å²) in [7, 11) is 0. The Kier molecular flexibility index (Phi) is 3.29. The van der Waals surface area contributed by atoms with Gasteiger partial charge in [-0.1, -0.05) is 13.8 Å². The predicted molar refractivity (Wildman–Crippen MR) is 66.4 cm³/mol. The van der Waals surface area contributed by atoms with Crippen LogP contribution in [0.3, 0.4) is 0 Å². The van der Waals surface area contributed by atoms with Crippen LogP contribution in [0, 0.1) is 13.8 Å². The molecule has 1 heterocycles. The third-order valence-electron chi connectivity index (χ3n) is 3.24. The van der Waals surface area contributed by atoms with Gasteiger partial charge in [0, 0.05) is 29.4 Å². The second-order valence-corrected chi connectivity index (χ2v) is 5.34. The number of hydrogen-bond acceptors (Lipinski definition) is 1. The Balaban J connectivity index is 3.29. The van der Waals surface area contributed by atoms with Crippen LogP contribution in [0.1, 0.15) is 50.7 Å². The van der Waals surface area contributed by atoms with Crippen molar-refractivity contribution < 1.29 is 0 Å². The first-order valence-corrected chi connectivity index (χ1v) is 5.70. The van der Waals surface area contributed by atoms with Gasteiger partial charge in [0.25, 0.3) is 0 Å². The standard InChI is InChI=1S/C13H24N2/c1-9(2)15-10(3)7-12(11(15)4)13(5,6)8-14/h7,9H,8,14H2,1-6H3. The van der Waals surface area contributed by atoms with Gasteiger partial charge in [0.05, 0.1) is 0 Å². The van der Waals surface area contributed by atoms with Gasteiger partial charge in [0.2, 0.25) is 0 Å². The second kappa shape index (κ2) is 4.01. The first kappa shape index (κ1) is 12.3. The van der Waals surface area contributed by atoms with Crippen molar-refractivity contribution in [3.8, 4) is 0 Å². The summed E-state index contributed by atoms with van der Waals surface area (Å²) in [6.07, 6.45) is 0. The number of nitrogens with two attached hydrogens (primary N) is 1. The molecule has 1 aromatic rings. The molecule has 0 saturated carbocycles. The first-order valence-electron chi connectivity index (χ1n) is 5.70. The fourth-order valence-electron chi connectivity index (χ4n) is 2.37. The molecule has 0 atom stereocenters. The Morgan fingerprint density at radius 3 is 2.20 bits per heavy atom. The predicted octanol–water partition coefficient (Wildman–Crippen LogP) is 2.92. The van der Waals surface area contributed by atoms with Crippen molar-refractivity contribution in [3.05, 3.63) is 23.0 Å². The summed E-state index contributed by atoms with van der Waals surface area (Å²) >= 11 is 0. The van der Waals surface area contributed by atoms with Gasteiger partial charge in [-0.05, 0) is 39.3 Å². The highest BCUT2D eigenvalue weighted by atomic mass is 15.0. The molecule has 2 nitrogen and oxygen atoms in total. The van der Waals surface area contributed by atoms with Crippen LogP contribution in [0.5, 0.6) is 0 Å². The van der Waals surface area contributed by atoms with E-state index in [2.05, 4.69) is 52.2 Å². The van der Waals surface area contributed by atoms with E-state index in [-0.39, 0.29) is 5.41 Å². The van der Waals surface area contributed by atoms with Crippen LogP contribution in [0.15, 0.2) is 6.07 Å². The highest BCUT2D eigenvalue weighted by Gasteiger charge is 2.24. The number of hydrogen-bond donors (Lipinski definition) is 1. The van der Waals surface area contributed by atoms with Crippen molar-refractivity contribution in [3.63, 3.8) is 0 Å². The van der Waals surface area contributed by atoms with Crippen molar-refractivity contribution in [2.75, 3.05) is 6.54 Å². The Bertz CT molecular complexity index is 346. The normalized spacial score (nSPS) is 12.5. The number of rotatable bonds is 3. The zero-order valence-corrected chi connectivity index (χ0v) is 10.9. The van der Waals surface area contributed by atoms with Gasteiger partial charge in [0.15, 0.2) is 0 Å². The van der Waals surface area contributed by atoms with E-state index in [1.807, 2.05) is 0 Å². The molecule has 0 saturated heterocycles. The van der Waals surface area contributed by atoms with Crippen LogP contribution in [-0.2, 0) is 5.41 Å². The van der Waals surface area contributed by atoms with Gasteiger partial charge in [-0.3, -0.25) is 0 Å². The van der Waals surface area contributed by atoms with Gasteiger partial charge in [-0.2, -0.15) is 0 Å². The molecule has 0 bridgehead atoms. The second-order valence-electron chi connectivity index (χ2n) is 5.34. The molecule has 0 unspecified atom stereocenters. The molecule has 15 heavy (non-hydrogen) atoms. The Morgan fingerprint density at radius 1 is 1.33 bits per heavy atom. The van der Waals surface area contributed by atoms with Gasteiger partial charge in [-0.25, -0.2) is 0 Å². The summed E-state index contributed by atoms with van der Waals surface area (Å²) < 4.78 is 2.38. The lowest BCUT2D eigenvalue weighted by atomic mass is 9.85. The molecule has 1 aromatic heterocycles. The molecule has 0 fully saturated rings. The largest absolute Gasteiger partial charge is 0.346 e. The van der Waals surface area contributed by atoms with Gasteiger partial charge >= 0.3 is 0 Å². The summed E-state index contributed by atoms with van der Waals surface area (Å²) in [5.41, 5.74) is 9.99. The highest BCUT2D eigenvalue weighted by molar-refractivity contribution is 5.34. The van der Waals surface area contributed by atoms with E-state index in [0.717, 1.165) is 0 Å². The molecule has 0 aromatic carbocycles. The van der Waals surface area contributed by atoms with E-state index in [4.69, 9.17) is 5.73 Å². The average Bonchev–Trinajstić information content (AvgIpc) is 2.42. The van der Waals surface area contributed by atoms with E-state index >= 15 is 0 Å². The molecule has 86 valence electrons. The van der Waals surface area contributed by atoms with E-state index in [1.165, 1.54) is 17.0 Å². The number of aryl methyl sites for hydroxylation is 1. The van der Waals surface area contributed by atoms with E-state index in [0.29, 0.717) is 12.6 Å². The lowest BCUT2D eigenvalue weighted by Crippen LogP contribution is -2.28. The fraction of sp³-hybridized carbons (Fsp3) is 0.692. The molecule has 0 aliphatic heterocycles. The van der Waals surface area contributed by atoms with Crippen molar-refractivity contribution >= 4 is 0 Å². The zero-order valence-electron chi connectivity index (χ0n) is 10.9. The molecule has 0 aliphatic rings. The molecule has 0 amide bonds. The van der Waals surface area contributed by atoms with E-state index in [9.17, 15) is 0 Å². The summed E-state index contributed by atoms with van der Waals surface area (Å²) in [4.78, 5) is 0. The third kappa shape index (κ3) is 2.10. The van der Waals surface area contributed by atoms with Crippen LogP contribution in [0.25, 0.3) is 0 Å². The molecule has 0 spiro atoms. The Hall–Kier alpha value is -0.760. The molecular weight excluding hydrogens is 184 g/mol. The first-order chi connectivity index (χ1) is 6.81. The summed E-state index contributed by atoms with van der Waals surface area (Å²) in [6, 6.07) is 2.80. The molecule has 2 N–H and O–H groups in total. The Labute approximate surface area is 93.5 Å². The minimum atomic E-state index is 0.0784. The number of aromatic nitrogens is 1. The quantitative estimate of drug-likeness (QED) is 0.813. The summed E-state index contributed by atoms with van der Waals surface area (Å²) in [6.45, 7) is 13.9. The monoisotopic (exact) mass is 208 g/mol. The van der Waals surface area contributed by atoms with Crippen molar-refractivity contribution in [1.29, 1.82) is 0 Å². The SMILES string of the molecule is Cc1cc(C(C)(C)CN)c(C)n1C(C)C. The van der Waals surface area contributed by atoms with E-state index < -0.39 is 0 Å². The molecule has 0 radical (unpaired) electrons. The summed E-state index contributed by atoms with van der Waals surface area (Å²) in [5.74, 6) is 0. The van der Waals surface area contributed by atoms with Crippen molar-refractivity contribution in [2.45, 2.75) is 53.0 Å². The molecule has 1 rings (SSSR count). The maximum Gasteiger partial charge on any atom is 0.0279 e. The van der Waals surface area contributed by atoms with Crippen LogP contribution in [-0.4, -0.2) is 11.1 Å². The van der Waals surface area contributed by atoms with Gasteiger partial charge in [0.1, 0.15) is 0 Å². The van der Waals surface area contributed by atoms with Crippen LogP contribution in [0.2, 0.25) is 0 Å². The molecular formula is C13H24N2. The van der Waals surface area contributed by atoms with Crippen LogP contribution >= 0.6 is 0 Å². The van der Waals surface area contributed by atoms with Crippen molar-refractivity contribution in [1.82, 2.24) is 4.57 Å². The van der Waals surface area contributed by atoms with Crippen LogP contribution < -0.4 is 5.73 Å². The lowest BCUT2D eigenvalue weighted by Gasteiger charge is -2.23. The van der Waals surface area contributed by atoms with Crippen LogP contribution in [0.4, 0.5) is 0 Å². The maximum absolute atomic E-state index is 5.83. The highest BCUT2D eigenvalue weighted by Crippen LogP contribution is 2.29. The molecule has 0 aliphatic carbocycles. The zero-order chi connectivity index (χ0) is 11.8. The van der Waals surface area contributed by atoms with E-state index in [1.54, 1.807) is 0 Å². The third-order valence-corrected chi connectivity index (χ3v) is 3.24. The maximum atomic E-state index is 5.83. The van der Waals surface area contributed by atoms with Crippen molar-refractivity contribution in [2.24, 2.45) is 5.73 Å². The lowest BCUT2D eigenvalue weighted by molar-refractivity contribution is 0.522. The topological polar surface area (TPSA) is 30.9 Å². The van der Waals surface area contributed by atoms with Gasteiger partial charge in [-0.15, -0.1) is 0 Å². The molecule has 2 heteroatoms. The minimum absolute atomic E-state index is 0.0784. The summed E-state index contributed by atoms with van der Waals surface area (Å²) in [5, 5.41) is 0. The average molecular weight is 208 g/mol.